The maximum absolute atomic E-state index is 13.4. The molecule has 1 N–H and O–H groups in total. The van der Waals surface area contributed by atoms with Gasteiger partial charge in [0, 0.05) is 28.2 Å². The van der Waals surface area contributed by atoms with Gasteiger partial charge in [-0.15, -0.1) is 0 Å². The number of halogens is 1. The van der Waals surface area contributed by atoms with Crippen LogP contribution in [0, 0.1) is 12.7 Å². The highest BCUT2D eigenvalue weighted by molar-refractivity contribution is 6.17. The second-order valence-electron chi connectivity index (χ2n) is 5.18. The highest BCUT2D eigenvalue weighted by Crippen LogP contribution is 2.25. The third kappa shape index (κ3) is 2.25. The zero-order valence-electron chi connectivity index (χ0n) is 12.0. The van der Waals surface area contributed by atoms with E-state index in [1.54, 1.807) is 12.3 Å². The van der Waals surface area contributed by atoms with Crippen LogP contribution in [0.1, 0.15) is 34.0 Å². The Morgan fingerprint density at radius 1 is 1.19 bits per heavy atom. The van der Waals surface area contributed by atoms with Gasteiger partial charge in [-0.05, 0) is 36.6 Å². The molecule has 2 nitrogen and oxygen atoms in total. The van der Waals surface area contributed by atoms with E-state index in [0.29, 0.717) is 11.1 Å². The van der Waals surface area contributed by atoms with E-state index in [2.05, 4.69) is 11.9 Å². The molecule has 0 saturated carbocycles. The summed E-state index contributed by atoms with van der Waals surface area (Å²) in [5, 5.41) is 0.892. The van der Waals surface area contributed by atoms with Crippen molar-refractivity contribution >= 4 is 16.7 Å². The molecule has 21 heavy (non-hydrogen) atoms. The van der Waals surface area contributed by atoms with Gasteiger partial charge in [0.15, 0.2) is 5.78 Å². The van der Waals surface area contributed by atoms with Crippen molar-refractivity contribution in [3.63, 3.8) is 0 Å². The molecule has 0 radical (unpaired) electrons. The smallest absolute Gasteiger partial charge is 0.195 e. The molecular weight excluding hydrogens is 265 g/mol. The molecule has 0 aliphatic heterocycles. The first kappa shape index (κ1) is 13.6. The third-order valence-electron chi connectivity index (χ3n) is 3.87. The summed E-state index contributed by atoms with van der Waals surface area (Å²) >= 11 is 0. The van der Waals surface area contributed by atoms with Gasteiger partial charge >= 0.3 is 0 Å². The van der Waals surface area contributed by atoms with Crippen LogP contribution >= 0.6 is 0 Å². The lowest BCUT2D eigenvalue weighted by molar-refractivity contribution is 0.103. The summed E-state index contributed by atoms with van der Waals surface area (Å²) in [4.78, 5) is 15.9. The predicted octanol–water partition coefficient (Wildman–Crippen LogP) is 4.41. The first-order valence-corrected chi connectivity index (χ1v) is 7.01. The van der Waals surface area contributed by atoms with Crippen LogP contribution in [0.4, 0.5) is 4.39 Å². The average Bonchev–Trinajstić information content (AvgIpc) is 2.93. The Balaban J connectivity index is 2.16. The number of benzene rings is 2. The maximum Gasteiger partial charge on any atom is 0.195 e. The first-order chi connectivity index (χ1) is 10.1. The number of fused-ring (bicyclic) bond motifs is 1. The van der Waals surface area contributed by atoms with Crippen LogP contribution in [-0.4, -0.2) is 10.8 Å². The van der Waals surface area contributed by atoms with Gasteiger partial charge < -0.3 is 4.98 Å². The molecule has 0 spiro atoms. The summed E-state index contributed by atoms with van der Waals surface area (Å²) in [5.74, 6) is -0.537. The van der Waals surface area contributed by atoms with Crippen LogP contribution < -0.4 is 0 Å². The van der Waals surface area contributed by atoms with Crippen LogP contribution in [0.2, 0.25) is 0 Å². The third-order valence-corrected chi connectivity index (χ3v) is 3.87. The van der Waals surface area contributed by atoms with E-state index in [0.717, 1.165) is 22.9 Å². The van der Waals surface area contributed by atoms with Crippen molar-refractivity contribution in [3.05, 3.63) is 70.7 Å². The summed E-state index contributed by atoms with van der Waals surface area (Å²) in [6, 6.07) is 10.2. The van der Waals surface area contributed by atoms with Crippen molar-refractivity contribution in [2.24, 2.45) is 0 Å². The monoisotopic (exact) mass is 281 g/mol. The number of rotatable bonds is 3. The lowest BCUT2D eigenvalue weighted by atomic mass is 9.97. The number of carbonyl (C=O) groups excluding carboxylic acids is 1. The molecule has 0 aliphatic carbocycles. The Bertz CT molecular complexity index is 832. The van der Waals surface area contributed by atoms with Crippen LogP contribution in [-0.2, 0) is 6.42 Å². The number of aryl methyl sites for hydroxylation is 2. The summed E-state index contributed by atoms with van der Waals surface area (Å²) in [6.45, 7) is 3.90. The molecule has 0 fully saturated rings. The standard InChI is InChI=1S/C18H16FNO/c1-3-12-5-4-6-14-16(10-20-17(12)14)18(21)15-9-13(19)8-7-11(15)2/h4-10,20H,3H2,1-2H3. The minimum atomic E-state index is -0.391. The predicted molar refractivity (Wildman–Crippen MR) is 82.2 cm³/mol. The van der Waals surface area contributed by atoms with Crippen molar-refractivity contribution < 1.29 is 9.18 Å². The largest absolute Gasteiger partial charge is 0.360 e. The normalized spacial score (nSPS) is 11.0. The Labute approximate surface area is 122 Å². The van der Waals surface area contributed by atoms with Crippen molar-refractivity contribution in [2.75, 3.05) is 0 Å². The molecule has 0 bridgehead atoms. The van der Waals surface area contributed by atoms with Gasteiger partial charge in [-0.2, -0.15) is 0 Å². The van der Waals surface area contributed by atoms with E-state index in [-0.39, 0.29) is 5.78 Å². The maximum atomic E-state index is 13.4. The molecule has 0 aliphatic rings. The summed E-state index contributed by atoms with van der Waals surface area (Å²) in [5.41, 5.74) is 3.94. The molecule has 3 heteroatoms. The Hall–Kier alpha value is -2.42. The molecular formula is C18H16FNO. The number of nitrogens with one attached hydrogen (secondary N) is 1. The fraction of sp³-hybridized carbons (Fsp3) is 0.167. The van der Waals surface area contributed by atoms with Gasteiger partial charge in [-0.25, -0.2) is 4.39 Å². The Morgan fingerprint density at radius 3 is 2.76 bits per heavy atom. The highest BCUT2D eigenvalue weighted by atomic mass is 19.1. The van der Waals surface area contributed by atoms with Crippen molar-refractivity contribution in [3.8, 4) is 0 Å². The topological polar surface area (TPSA) is 32.9 Å². The highest BCUT2D eigenvalue weighted by Gasteiger charge is 2.17. The van der Waals surface area contributed by atoms with Crippen molar-refractivity contribution in [1.29, 1.82) is 0 Å². The van der Waals surface area contributed by atoms with Crippen LogP contribution in [0.15, 0.2) is 42.6 Å². The van der Waals surface area contributed by atoms with Gasteiger partial charge in [0.05, 0.1) is 0 Å². The Kier molecular flexibility index (Phi) is 3.34. The average molecular weight is 281 g/mol. The summed E-state index contributed by atoms with van der Waals surface area (Å²) in [6.07, 6.45) is 2.61. The number of para-hydroxylation sites is 1. The zero-order chi connectivity index (χ0) is 15.0. The fourth-order valence-electron chi connectivity index (χ4n) is 2.68. The second-order valence-corrected chi connectivity index (χ2v) is 5.18. The SMILES string of the molecule is CCc1cccc2c(C(=O)c3cc(F)ccc3C)c[nH]c12. The number of hydrogen-bond donors (Lipinski definition) is 1. The van der Waals surface area contributed by atoms with Gasteiger partial charge in [-0.1, -0.05) is 31.2 Å². The first-order valence-electron chi connectivity index (χ1n) is 7.01. The van der Waals surface area contributed by atoms with Crippen molar-refractivity contribution in [1.82, 2.24) is 4.98 Å². The summed E-state index contributed by atoms with van der Waals surface area (Å²) in [7, 11) is 0. The van der Waals surface area contributed by atoms with E-state index in [1.165, 1.54) is 17.7 Å². The van der Waals surface area contributed by atoms with Crippen LogP contribution in [0.25, 0.3) is 10.9 Å². The molecule has 3 rings (SSSR count). The zero-order valence-corrected chi connectivity index (χ0v) is 12.0. The molecule has 3 aromatic rings. The fourth-order valence-corrected chi connectivity index (χ4v) is 2.68. The molecule has 0 atom stereocenters. The van der Waals surface area contributed by atoms with E-state index < -0.39 is 5.82 Å². The van der Waals surface area contributed by atoms with Crippen LogP contribution in [0.5, 0.6) is 0 Å². The van der Waals surface area contributed by atoms with Crippen molar-refractivity contribution in [2.45, 2.75) is 20.3 Å². The number of aromatic amines is 1. The number of aromatic nitrogens is 1. The molecule has 106 valence electrons. The van der Waals surface area contributed by atoms with E-state index in [9.17, 15) is 9.18 Å². The molecule has 0 amide bonds. The second kappa shape index (κ2) is 5.17. The van der Waals surface area contributed by atoms with Gasteiger partial charge in [0.2, 0.25) is 0 Å². The molecule has 2 aromatic carbocycles. The number of carbonyl (C=O) groups is 1. The molecule has 1 aromatic heterocycles. The van der Waals surface area contributed by atoms with Gasteiger partial charge in [0.25, 0.3) is 0 Å². The number of ketones is 1. The Morgan fingerprint density at radius 2 is 2.00 bits per heavy atom. The number of hydrogen-bond acceptors (Lipinski definition) is 1. The van der Waals surface area contributed by atoms with Crippen LogP contribution in [0.3, 0.4) is 0 Å². The number of H-pyrrole nitrogens is 1. The van der Waals surface area contributed by atoms with E-state index >= 15 is 0 Å². The minimum absolute atomic E-state index is 0.147. The lowest BCUT2D eigenvalue weighted by Gasteiger charge is -2.05. The molecule has 1 heterocycles. The molecule has 0 saturated heterocycles. The quantitative estimate of drug-likeness (QED) is 0.709. The minimum Gasteiger partial charge on any atom is -0.360 e. The lowest BCUT2D eigenvalue weighted by Crippen LogP contribution is -2.03. The van der Waals surface area contributed by atoms with E-state index in [4.69, 9.17) is 0 Å². The van der Waals surface area contributed by atoms with Gasteiger partial charge in [0.1, 0.15) is 5.82 Å². The summed E-state index contributed by atoms with van der Waals surface area (Å²) < 4.78 is 13.4. The van der Waals surface area contributed by atoms with E-state index in [1.807, 2.05) is 25.1 Å². The van der Waals surface area contributed by atoms with Gasteiger partial charge in [-0.3, -0.25) is 4.79 Å². The molecule has 0 unspecified atom stereocenters.